The number of piperidine rings is 1. The Morgan fingerprint density at radius 2 is 1.69 bits per heavy atom. The van der Waals surface area contributed by atoms with E-state index in [0.29, 0.717) is 32.0 Å². The van der Waals surface area contributed by atoms with Gasteiger partial charge in [-0.15, -0.1) is 0 Å². The minimum Gasteiger partial charge on any atom is -0.508 e. The highest BCUT2D eigenvalue weighted by Gasteiger charge is 2.55. The molecule has 9 nitrogen and oxygen atoms in total. The van der Waals surface area contributed by atoms with E-state index >= 15 is 0 Å². The Hall–Kier alpha value is -3.43. The molecule has 2 amide bonds. The molecule has 1 unspecified atom stereocenters. The zero-order valence-electron chi connectivity index (χ0n) is 23.5. The Kier molecular flexibility index (Phi) is 7.64. The molecule has 2 saturated heterocycles. The molecule has 5 rings (SSSR count). The fourth-order valence-corrected chi connectivity index (χ4v) is 6.51. The summed E-state index contributed by atoms with van der Waals surface area (Å²) in [5.74, 6) is 2.40. The van der Waals surface area contributed by atoms with Crippen LogP contribution in [0.1, 0.15) is 42.4 Å². The Labute approximate surface area is 230 Å². The first-order chi connectivity index (χ1) is 18.8. The highest BCUT2D eigenvalue weighted by atomic mass is 16.5. The number of methoxy groups -OCH3 is 4. The molecule has 1 spiro atoms. The van der Waals surface area contributed by atoms with Gasteiger partial charge in [-0.25, -0.2) is 4.79 Å². The van der Waals surface area contributed by atoms with Gasteiger partial charge in [-0.05, 0) is 42.2 Å². The summed E-state index contributed by atoms with van der Waals surface area (Å²) in [5.41, 5.74) is 3.81. The number of aromatic hydroxyl groups is 1. The number of amides is 2. The third-order valence-electron chi connectivity index (χ3n) is 8.39. The number of benzene rings is 2. The molecule has 2 fully saturated rings. The van der Waals surface area contributed by atoms with Gasteiger partial charge < -0.3 is 29.0 Å². The average molecular weight is 538 g/mol. The molecule has 3 aliphatic heterocycles. The third-order valence-corrected chi connectivity index (χ3v) is 8.39. The number of phenols is 1. The minimum absolute atomic E-state index is 0.0197. The fourth-order valence-electron chi connectivity index (χ4n) is 6.51. The van der Waals surface area contributed by atoms with Gasteiger partial charge in [0.2, 0.25) is 0 Å². The summed E-state index contributed by atoms with van der Waals surface area (Å²) in [5, 5.41) is 10.1. The number of allylic oxidation sites excluding steroid dienone is 1. The van der Waals surface area contributed by atoms with Crippen molar-refractivity contribution < 1.29 is 28.8 Å². The smallest absolute Gasteiger partial charge is 0.325 e. The Morgan fingerprint density at radius 1 is 0.974 bits per heavy atom. The molecule has 1 atom stereocenters. The van der Waals surface area contributed by atoms with Gasteiger partial charge in [0.1, 0.15) is 23.0 Å². The van der Waals surface area contributed by atoms with Crippen molar-refractivity contribution in [3.63, 3.8) is 0 Å². The van der Waals surface area contributed by atoms with E-state index < -0.39 is 5.54 Å². The first-order valence-electron chi connectivity index (χ1n) is 13.5. The number of urea groups is 1. The van der Waals surface area contributed by atoms with Crippen LogP contribution >= 0.6 is 0 Å². The number of fused-ring (bicyclic) bond motifs is 3. The molecule has 210 valence electrons. The quantitative estimate of drug-likeness (QED) is 0.536. The molecule has 3 heterocycles. The topological polar surface area (TPSA) is 83.9 Å². The third kappa shape index (κ3) is 4.89. The summed E-state index contributed by atoms with van der Waals surface area (Å²) in [6.45, 7) is 6.00. The van der Waals surface area contributed by atoms with E-state index in [4.69, 9.17) is 18.9 Å². The summed E-state index contributed by atoms with van der Waals surface area (Å²) in [7, 11) is 6.60. The molecule has 0 radical (unpaired) electrons. The van der Waals surface area contributed by atoms with E-state index in [1.165, 1.54) is 0 Å². The van der Waals surface area contributed by atoms with Crippen LogP contribution in [0, 0.1) is 0 Å². The molecular weight excluding hydrogens is 498 g/mol. The van der Waals surface area contributed by atoms with E-state index in [1.807, 2.05) is 28.0 Å². The van der Waals surface area contributed by atoms with Crippen molar-refractivity contribution in [3.8, 4) is 23.0 Å². The monoisotopic (exact) mass is 537 g/mol. The van der Waals surface area contributed by atoms with Gasteiger partial charge in [0.05, 0.1) is 40.0 Å². The summed E-state index contributed by atoms with van der Waals surface area (Å²) in [4.78, 5) is 20.4. The second-order valence-corrected chi connectivity index (χ2v) is 10.6. The van der Waals surface area contributed by atoms with Gasteiger partial charge in [0.25, 0.3) is 0 Å². The lowest BCUT2D eigenvalue weighted by Crippen LogP contribution is -2.54. The van der Waals surface area contributed by atoms with Crippen molar-refractivity contribution in [2.75, 3.05) is 54.7 Å². The van der Waals surface area contributed by atoms with Crippen molar-refractivity contribution in [2.45, 2.75) is 44.3 Å². The Morgan fingerprint density at radius 3 is 2.36 bits per heavy atom. The SMILES string of the molecule is COCCN1C(=O)N2Cc3cc(OC)cc(OC)c3C(C)C=C2C12CCN(Cc1cc(O)cc(OC)c1)CC2. The van der Waals surface area contributed by atoms with E-state index in [1.54, 1.807) is 40.6 Å². The lowest BCUT2D eigenvalue weighted by atomic mass is 9.82. The minimum atomic E-state index is -0.406. The van der Waals surface area contributed by atoms with Crippen LogP contribution in [0.4, 0.5) is 4.79 Å². The number of carbonyl (C=O) groups excluding carboxylic acids is 1. The predicted octanol–water partition coefficient (Wildman–Crippen LogP) is 4.34. The van der Waals surface area contributed by atoms with Crippen molar-refractivity contribution in [2.24, 2.45) is 0 Å². The van der Waals surface area contributed by atoms with Gasteiger partial charge in [-0.1, -0.05) is 13.0 Å². The molecule has 0 aliphatic carbocycles. The average Bonchev–Trinajstić information content (AvgIpc) is 3.03. The van der Waals surface area contributed by atoms with E-state index in [9.17, 15) is 9.90 Å². The number of carbonyl (C=O) groups is 1. The molecule has 0 aromatic heterocycles. The van der Waals surface area contributed by atoms with Crippen molar-refractivity contribution in [1.82, 2.24) is 14.7 Å². The second kappa shape index (κ2) is 11.0. The van der Waals surface area contributed by atoms with E-state index in [-0.39, 0.29) is 17.7 Å². The molecule has 3 aliphatic rings. The standard InChI is InChI=1S/C30H39N3O6/c1-20-12-27-30(6-8-31(9-7-30)18-21-13-23(34)16-24(14-21)37-3)33(10-11-36-2)29(35)32(27)19-22-15-25(38-4)17-26(39-5)28(20)22/h12-17,20,34H,6-11,18-19H2,1-5H3. The maximum atomic E-state index is 14.0. The van der Waals surface area contributed by atoms with Crippen molar-refractivity contribution in [1.29, 1.82) is 0 Å². The normalized spacial score (nSPS) is 20.4. The molecule has 1 N–H and O–H groups in total. The number of hydrogen-bond donors (Lipinski definition) is 1. The lowest BCUT2D eigenvalue weighted by Gasteiger charge is -2.44. The highest BCUT2D eigenvalue weighted by Crippen LogP contribution is 2.49. The highest BCUT2D eigenvalue weighted by molar-refractivity contribution is 5.83. The van der Waals surface area contributed by atoms with Gasteiger partial charge in [-0.3, -0.25) is 9.80 Å². The van der Waals surface area contributed by atoms with Crippen LogP contribution < -0.4 is 14.2 Å². The number of rotatable bonds is 8. The predicted molar refractivity (Wildman–Crippen MR) is 147 cm³/mol. The molecule has 9 heteroatoms. The largest absolute Gasteiger partial charge is 0.508 e. The van der Waals surface area contributed by atoms with Crippen LogP contribution in [0.3, 0.4) is 0 Å². The van der Waals surface area contributed by atoms with Crippen LogP contribution in [0.5, 0.6) is 23.0 Å². The van der Waals surface area contributed by atoms with E-state index in [2.05, 4.69) is 17.9 Å². The van der Waals surface area contributed by atoms with Crippen molar-refractivity contribution >= 4 is 6.03 Å². The van der Waals surface area contributed by atoms with Crippen LogP contribution in [-0.4, -0.2) is 86.1 Å². The maximum absolute atomic E-state index is 14.0. The van der Waals surface area contributed by atoms with Gasteiger partial charge in [-0.2, -0.15) is 0 Å². The van der Waals surface area contributed by atoms with Crippen LogP contribution in [0.15, 0.2) is 42.1 Å². The van der Waals surface area contributed by atoms with Crippen LogP contribution in [0.25, 0.3) is 0 Å². The number of likely N-dealkylation sites (tertiary alicyclic amines) is 1. The molecule has 0 saturated carbocycles. The van der Waals surface area contributed by atoms with Crippen LogP contribution in [0.2, 0.25) is 0 Å². The van der Waals surface area contributed by atoms with E-state index in [0.717, 1.165) is 59.8 Å². The number of nitrogens with zero attached hydrogens (tertiary/aromatic N) is 3. The Balaban J connectivity index is 1.46. The number of phenolic OH excluding ortho intramolecular Hbond substituents is 1. The second-order valence-electron chi connectivity index (χ2n) is 10.6. The molecular formula is C30H39N3O6. The number of hydrogen-bond acceptors (Lipinski definition) is 7. The summed E-state index contributed by atoms with van der Waals surface area (Å²) in [6, 6.07) is 9.32. The zero-order chi connectivity index (χ0) is 27.7. The first-order valence-corrected chi connectivity index (χ1v) is 13.5. The first kappa shape index (κ1) is 27.1. The van der Waals surface area contributed by atoms with Crippen LogP contribution in [-0.2, 0) is 17.8 Å². The summed E-state index contributed by atoms with van der Waals surface area (Å²) >= 11 is 0. The van der Waals surface area contributed by atoms with Gasteiger partial charge >= 0.3 is 6.03 Å². The van der Waals surface area contributed by atoms with Crippen molar-refractivity contribution in [3.05, 3.63) is 58.8 Å². The zero-order valence-corrected chi connectivity index (χ0v) is 23.5. The number of ether oxygens (including phenoxy) is 4. The summed E-state index contributed by atoms with van der Waals surface area (Å²) < 4.78 is 22.1. The maximum Gasteiger partial charge on any atom is 0.325 e. The molecule has 39 heavy (non-hydrogen) atoms. The lowest BCUT2D eigenvalue weighted by molar-refractivity contribution is 0.0669. The Bertz CT molecular complexity index is 1250. The molecule has 2 aromatic rings. The molecule has 0 bridgehead atoms. The van der Waals surface area contributed by atoms with Gasteiger partial charge in [0, 0.05) is 62.6 Å². The molecule has 2 aromatic carbocycles. The summed E-state index contributed by atoms with van der Waals surface area (Å²) in [6.07, 6.45) is 3.88. The fraction of sp³-hybridized carbons (Fsp3) is 0.500. The van der Waals surface area contributed by atoms with Gasteiger partial charge in [0.15, 0.2) is 0 Å².